The van der Waals surface area contributed by atoms with Gasteiger partial charge in [0, 0.05) is 51.9 Å². The molecule has 2 N–H and O–H groups in total. The van der Waals surface area contributed by atoms with Gasteiger partial charge in [0.2, 0.25) is 0 Å². The van der Waals surface area contributed by atoms with Gasteiger partial charge in [0.1, 0.15) is 11.5 Å². The van der Waals surface area contributed by atoms with Crippen molar-refractivity contribution in [3.63, 3.8) is 0 Å². The summed E-state index contributed by atoms with van der Waals surface area (Å²) in [6, 6.07) is 9.35. The van der Waals surface area contributed by atoms with E-state index in [0.717, 1.165) is 38.3 Å². The SMILES string of the molecule is CC(C)c1cc(O)cc(O)c1C(=O)N1Cc2ccc(CN3CCN(C)CC3)cc2C1. The minimum Gasteiger partial charge on any atom is -0.508 e. The molecule has 0 aromatic heterocycles. The van der Waals surface area contributed by atoms with Crippen LogP contribution in [0.25, 0.3) is 0 Å². The topological polar surface area (TPSA) is 67.2 Å². The summed E-state index contributed by atoms with van der Waals surface area (Å²) in [7, 11) is 2.16. The second-order valence-corrected chi connectivity index (χ2v) is 8.93. The molecular weight excluding hydrogens is 378 g/mol. The van der Waals surface area contributed by atoms with Gasteiger partial charge >= 0.3 is 0 Å². The lowest BCUT2D eigenvalue weighted by Crippen LogP contribution is -2.43. The molecule has 30 heavy (non-hydrogen) atoms. The predicted octanol–water partition coefficient (Wildman–Crippen LogP) is 3.12. The summed E-state index contributed by atoms with van der Waals surface area (Å²) < 4.78 is 0. The number of amides is 1. The Morgan fingerprint density at radius 1 is 1.00 bits per heavy atom. The molecule has 160 valence electrons. The molecule has 0 unspecified atom stereocenters. The molecule has 0 atom stereocenters. The minimum absolute atomic E-state index is 0.0159. The van der Waals surface area contributed by atoms with E-state index in [4.69, 9.17) is 0 Å². The first kappa shape index (κ1) is 20.7. The zero-order chi connectivity index (χ0) is 21.4. The van der Waals surface area contributed by atoms with E-state index in [1.807, 2.05) is 13.8 Å². The van der Waals surface area contributed by atoms with Crippen molar-refractivity contribution >= 4 is 5.91 Å². The predicted molar refractivity (Wildman–Crippen MR) is 117 cm³/mol. The molecule has 0 radical (unpaired) electrons. The van der Waals surface area contributed by atoms with Gasteiger partial charge in [0.15, 0.2) is 0 Å². The molecule has 0 saturated carbocycles. The number of fused-ring (bicyclic) bond motifs is 1. The number of carbonyl (C=O) groups is 1. The summed E-state index contributed by atoms with van der Waals surface area (Å²) in [6.07, 6.45) is 0. The first-order chi connectivity index (χ1) is 14.3. The van der Waals surface area contributed by atoms with E-state index in [1.165, 1.54) is 17.2 Å². The Morgan fingerprint density at radius 3 is 2.40 bits per heavy atom. The van der Waals surface area contributed by atoms with Gasteiger partial charge in [-0.05, 0) is 41.3 Å². The van der Waals surface area contributed by atoms with Gasteiger partial charge in [-0.25, -0.2) is 0 Å². The van der Waals surface area contributed by atoms with Crippen LogP contribution in [0.4, 0.5) is 0 Å². The molecule has 1 fully saturated rings. The molecule has 1 saturated heterocycles. The Balaban J connectivity index is 1.50. The third kappa shape index (κ3) is 4.16. The summed E-state index contributed by atoms with van der Waals surface area (Å²) in [4.78, 5) is 19.9. The fourth-order valence-electron chi connectivity index (χ4n) is 4.43. The standard InChI is InChI=1S/C24H31N3O3/c1-16(2)21-11-20(28)12-22(29)23(21)24(30)27-14-18-5-4-17(10-19(18)15-27)13-26-8-6-25(3)7-9-26/h4-5,10-12,16,28-29H,6-9,13-15H2,1-3H3. The quantitative estimate of drug-likeness (QED) is 0.812. The van der Waals surface area contributed by atoms with E-state index in [1.54, 1.807) is 11.0 Å². The summed E-state index contributed by atoms with van der Waals surface area (Å²) in [6.45, 7) is 10.3. The summed E-state index contributed by atoms with van der Waals surface area (Å²) in [5.41, 5.74) is 4.59. The van der Waals surface area contributed by atoms with Crippen LogP contribution in [0.5, 0.6) is 11.5 Å². The molecule has 1 amide bonds. The van der Waals surface area contributed by atoms with E-state index in [-0.39, 0.29) is 23.3 Å². The Morgan fingerprint density at radius 2 is 1.70 bits per heavy atom. The van der Waals surface area contributed by atoms with Crippen molar-refractivity contribution in [1.29, 1.82) is 0 Å². The molecule has 0 spiro atoms. The monoisotopic (exact) mass is 409 g/mol. The number of benzene rings is 2. The lowest BCUT2D eigenvalue weighted by Gasteiger charge is -2.32. The van der Waals surface area contributed by atoms with Crippen LogP contribution in [0.2, 0.25) is 0 Å². The maximum absolute atomic E-state index is 13.3. The molecular formula is C24H31N3O3. The number of hydrogen-bond acceptors (Lipinski definition) is 5. The van der Waals surface area contributed by atoms with E-state index < -0.39 is 0 Å². The zero-order valence-corrected chi connectivity index (χ0v) is 18.1. The molecule has 2 aromatic rings. The number of phenols is 2. The van der Waals surface area contributed by atoms with Crippen LogP contribution in [0, 0.1) is 0 Å². The Hall–Kier alpha value is -2.57. The van der Waals surface area contributed by atoms with Crippen molar-refractivity contribution in [2.45, 2.75) is 39.4 Å². The maximum Gasteiger partial charge on any atom is 0.258 e. The Labute approximate surface area is 178 Å². The molecule has 2 aliphatic heterocycles. The van der Waals surface area contributed by atoms with Gasteiger partial charge in [-0.2, -0.15) is 0 Å². The van der Waals surface area contributed by atoms with Crippen molar-refractivity contribution in [2.24, 2.45) is 0 Å². The highest BCUT2D eigenvalue weighted by Crippen LogP contribution is 2.35. The van der Waals surface area contributed by atoms with E-state index in [2.05, 4.69) is 35.0 Å². The lowest BCUT2D eigenvalue weighted by atomic mass is 9.95. The van der Waals surface area contributed by atoms with Crippen molar-refractivity contribution in [1.82, 2.24) is 14.7 Å². The number of phenolic OH excluding ortho intramolecular Hbond substituents is 2. The van der Waals surface area contributed by atoms with Gasteiger partial charge in [-0.1, -0.05) is 32.0 Å². The van der Waals surface area contributed by atoms with E-state index in [0.29, 0.717) is 24.2 Å². The molecule has 0 bridgehead atoms. The van der Waals surface area contributed by atoms with Crippen molar-refractivity contribution in [3.8, 4) is 11.5 Å². The number of aromatic hydroxyl groups is 2. The third-order valence-electron chi connectivity index (χ3n) is 6.25. The van der Waals surface area contributed by atoms with Crippen LogP contribution in [-0.2, 0) is 19.6 Å². The van der Waals surface area contributed by atoms with E-state index in [9.17, 15) is 15.0 Å². The number of carbonyl (C=O) groups excluding carboxylic acids is 1. The van der Waals surface area contributed by atoms with Gasteiger partial charge in [-0.15, -0.1) is 0 Å². The first-order valence-corrected chi connectivity index (χ1v) is 10.7. The summed E-state index contributed by atoms with van der Waals surface area (Å²) >= 11 is 0. The number of hydrogen-bond donors (Lipinski definition) is 2. The molecule has 6 nitrogen and oxygen atoms in total. The zero-order valence-electron chi connectivity index (χ0n) is 18.1. The highest BCUT2D eigenvalue weighted by Gasteiger charge is 2.29. The molecule has 6 heteroatoms. The number of likely N-dealkylation sites (N-methyl/N-ethyl adjacent to an activating group) is 1. The van der Waals surface area contributed by atoms with Crippen molar-refractivity contribution in [3.05, 3.63) is 58.1 Å². The van der Waals surface area contributed by atoms with Crippen LogP contribution in [0.1, 0.15) is 52.4 Å². The maximum atomic E-state index is 13.3. The van der Waals surface area contributed by atoms with Crippen molar-refractivity contribution in [2.75, 3.05) is 33.2 Å². The largest absolute Gasteiger partial charge is 0.508 e. The fraction of sp³-hybridized carbons (Fsp3) is 0.458. The average Bonchev–Trinajstić information content (AvgIpc) is 3.12. The van der Waals surface area contributed by atoms with Crippen LogP contribution < -0.4 is 0 Å². The Bertz CT molecular complexity index is 949. The van der Waals surface area contributed by atoms with E-state index >= 15 is 0 Å². The van der Waals surface area contributed by atoms with Gasteiger partial charge in [0.25, 0.3) is 5.91 Å². The van der Waals surface area contributed by atoms with Crippen LogP contribution in [-0.4, -0.2) is 64.0 Å². The number of nitrogens with zero attached hydrogens (tertiary/aromatic N) is 3. The van der Waals surface area contributed by atoms with Crippen LogP contribution in [0.3, 0.4) is 0 Å². The van der Waals surface area contributed by atoms with Crippen molar-refractivity contribution < 1.29 is 15.0 Å². The molecule has 0 aliphatic carbocycles. The fourth-order valence-corrected chi connectivity index (χ4v) is 4.43. The average molecular weight is 410 g/mol. The normalized spacial score (nSPS) is 17.5. The smallest absolute Gasteiger partial charge is 0.258 e. The second-order valence-electron chi connectivity index (χ2n) is 8.93. The Kier molecular flexibility index (Phi) is 5.71. The summed E-state index contributed by atoms with van der Waals surface area (Å²) in [5.74, 6) is -0.350. The van der Waals surface area contributed by atoms with Crippen LogP contribution >= 0.6 is 0 Å². The molecule has 2 aromatic carbocycles. The lowest BCUT2D eigenvalue weighted by molar-refractivity contribution is 0.0746. The second kappa shape index (κ2) is 8.28. The molecule has 2 aliphatic rings. The van der Waals surface area contributed by atoms with Gasteiger partial charge in [-0.3, -0.25) is 9.69 Å². The highest BCUT2D eigenvalue weighted by atomic mass is 16.3. The van der Waals surface area contributed by atoms with Crippen LogP contribution in [0.15, 0.2) is 30.3 Å². The first-order valence-electron chi connectivity index (χ1n) is 10.7. The van der Waals surface area contributed by atoms with Gasteiger partial charge < -0.3 is 20.0 Å². The van der Waals surface area contributed by atoms with Gasteiger partial charge in [0.05, 0.1) is 5.56 Å². The third-order valence-corrected chi connectivity index (χ3v) is 6.25. The highest BCUT2D eigenvalue weighted by molar-refractivity contribution is 5.99. The molecule has 2 heterocycles. The molecule has 4 rings (SSSR count). The summed E-state index contributed by atoms with van der Waals surface area (Å²) in [5, 5.41) is 20.2. The number of rotatable bonds is 4. The minimum atomic E-state index is -0.187. The number of piperazine rings is 1.